The number of rotatable bonds is 9. The summed E-state index contributed by atoms with van der Waals surface area (Å²) in [7, 11) is 0. The number of anilines is 2. The number of carbonyl (C=O) groups excluding carboxylic acids is 1. The molecule has 0 aliphatic carbocycles. The van der Waals surface area contributed by atoms with Crippen molar-refractivity contribution >= 4 is 35.1 Å². The SMILES string of the molecule is C=CC(=O)Oc1ccc(C(=CN(c2ccccc2)c2ccc(C=Cc3ccccc3)cc2)c2ccccc2)cc1. The first-order chi connectivity index (χ1) is 19.7. The number of hydrogen-bond donors (Lipinski definition) is 0. The van der Waals surface area contributed by atoms with Crippen molar-refractivity contribution < 1.29 is 9.53 Å². The first kappa shape index (κ1) is 26.2. The summed E-state index contributed by atoms with van der Waals surface area (Å²) < 4.78 is 5.29. The van der Waals surface area contributed by atoms with Gasteiger partial charge in [-0.2, -0.15) is 0 Å². The van der Waals surface area contributed by atoms with Crippen LogP contribution in [0.5, 0.6) is 5.75 Å². The Balaban J connectivity index is 1.54. The Kier molecular flexibility index (Phi) is 8.45. The van der Waals surface area contributed by atoms with Crippen molar-refractivity contribution in [1.82, 2.24) is 0 Å². The first-order valence-electron chi connectivity index (χ1n) is 13.1. The third kappa shape index (κ3) is 6.72. The largest absolute Gasteiger partial charge is 0.423 e. The Morgan fingerprint density at radius 1 is 0.575 bits per heavy atom. The van der Waals surface area contributed by atoms with E-state index in [1.165, 1.54) is 5.56 Å². The molecule has 3 heteroatoms. The number of esters is 1. The van der Waals surface area contributed by atoms with Crippen LogP contribution >= 0.6 is 0 Å². The molecule has 5 aromatic carbocycles. The molecule has 0 aliphatic heterocycles. The van der Waals surface area contributed by atoms with Gasteiger partial charge in [-0.3, -0.25) is 0 Å². The summed E-state index contributed by atoms with van der Waals surface area (Å²) in [5.41, 5.74) is 7.46. The highest BCUT2D eigenvalue weighted by molar-refractivity contribution is 5.85. The number of hydrogen-bond acceptors (Lipinski definition) is 3. The van der Waals surface area contributed by atoms with E-state index in [1.807, 2.05) is 66.7 Å². The molecule has 0 bridgehead atoms. The highest BCUT2D eigenvalue weighted by atomic mass is 16.5. The molecule has 194 valence electrons. The standard InChI is InChI=1S/C37H29NO2/c1-2-37(39)40-35-26-22-32(23-27-35)36(31-14-8-4-9-15-31)28-38(33-16-10-5-11-17-33)34-24-20-30(21-25-34)19-18-29-12-6-3-7-13-29/h2-28H,1H2. The molecule has 5 aromatic rings. The van der Waals surface area contributed by atoms with Gasteiger partial charge < -0.3 is 9.64 Å². The molecule has 3 nitrogen and oxygen atoms in total. The van der Waals surface area contributed by atoms with Crippen LogP contribution in [0.15, 0.2) is 158 Å². The van der Waals surface area contributed by atoms with Crippen molar-refractivity contribution in [2.45, 2.75) is 0 Å². The maximum Gasteiger partial charge on any atom is 0.335 e. The van der Waals surface area contributed by atoms with Gasteiger partial charge in [0.2, 0.25) is 0 Å². The Hall–Kier alpha value is -5.41. The Morgan fingerprint density at radius 2 is 1.07 bits per heavy atom. The average Bonchev–Trinajstić information content (AvgIpc) is 3.03. The Morgan fingerprint density at radius 3 is 1.68 bits per heavy atom. The van der Waals surface area contributed by atoms with Crippen molar-refractivity contribution in [1.29, 1.82) is 0 Å². The fraction of sp³-hybridized carbons (Fsp3) is 0. The summed E-state index contributed by atoms with van der Waals surface area (Å²) in [5.74, 6) is -0.0102. The average molecular weight is 520 g/mol. The lowest BCUT2D eigenvalue weighted by Gasteiger charge is -2.23. The summed E-state index contributed by atoms with van der Waals surface area (Å²) in [6.07, 6.45) is 7.55. The third-order valence-electron chi connectivity index (χ3n) is 6.37. The van der Waals surface area contributed by atoms with Crippen LogP contribution in [0.3, 0.4) is 0 Å². The zero-order valence-corrected chi connectivity index (χ0v) is 22.1. The molecular formula is C37H29NO2. The summed E-state index contributed by atoms with van der Waals surface area (Å²) in [4.78, 5) is 13.8. The number of carbonyl (C=O) groups is 1. The fourth-order valence-corrected chi connectivity index (χ4v) is 4.31. The van der Waals surface area contributed by atoms with Gasteiger partial charge in [0.25, 0.3) is 0 Å². The van der Waals surface area contributed by atoms with Crippen molar-refractivity contribution in [3.8, 4) is 5.75 Å². The van der Waals surface area contributed by atoms with E-state index in [-0.39, 0.29) is 0 Å². The lowest BCUT2D eigenvalue weighted by atomic mass is 9.98. The minimum atomic E-state index is -0.483. The van der Waals surface area contributed by atoms with Gasteiger partial charge in [-0.15, -0.1) is 0 Å². The summed E-state index contributed by atoms with van der Waals surface area (Å²) >= 11 is 0. The molecule has 0 radical (unpaired) electrons. The van der Waals surface area contributed by atoms with Gasteiger partial charge >= 0.3 is 5.97 Å². The molecule has 0 N–H and O–H groups in total. The van der Waals surface area contributed by atoms with Gasteiger partial charge in [0.1, 0.15) is 5.75 Å². The highest BCUT2D eigenvalue weighted by Gasteiger charge is 2.12. The number of ether oxygens (including phenoxy) is 1. The van der Waals surface area contributed by atoms with E-state index >= 15 is 0 Å². The molecule has 0 amide bonds. The predicted octanol–water partition coefficient (Wildman–Crippen LogP) is 9.18. The molecule has 0 fully saturated rings. The van der Waals surface area contributed by atoms with Gasteiger partial charge in [-0.1, -0.05) is 122 Å². The van der Waals surface area contributed by atoms with Crippen molar-refractivity contribution in [2.24, 2.45) is 0 Å². The second kappa shape index (κ2) is 12.9. The van der Waals surface area contributed by atoms with Crippen LogP contribution in [-0.2, 0) is 4.79 Å². The molecule has 0 atom stereocenters. The molecule has 0 aromatic heterocycles. The van der Waals surface area contributed by atoms with Crippen LogP contribution in [0, 0.1) is 0 Å². The van der Waals surface area contributed by atoms with Crippen molar-refractivity contribution in [2.75, 3.05) is 4.90 Å². The smallest absolute Gasteiger partial charge is 0.335 e. The summed E-state index contributed by atoms with van der Waals surface area (Å²) in [5, 5.41) is 0. The quantitative estimate of drug-likeness (QED) is 0.0841. The zero-order valence-electron chi connectivity index (χ0n) is 22.1. The van der Waals surface area contributed by atoms with Crippen LogP contribution < -0.4 is 9.64 Å². The van der Waals surface area contributed by atoms with E-state index < -0.39 is 5.97 Å². The molecular weight excluding hydrogens is 490 g/mol. The van der Waals surface area contributed by atoms with Gasteiger partial charge in [0.05, 0.1) is 0 Å². The summed E-state index contributed by atoms with van der Waals surface area (Å²) in [6, 6.07) is 46.9. The molecule has 0 aliphatic rings. The molecule has 5 rings (SSSR count). The second-order valence-corrected chi connectivity index (χ2v) is 9.10. The van der Waals surface area contributed by atoms with Crippen LogP contribution in [0.4, 0.5) is 11.4 Å². The normalized spacial score (nSPS) is 11.2. The zero-order chi connectivity index (χ0) is 27.6. The Labute approximate surface area is 235 Å². The van der Waals surface area contributed by atoms with Gasteiger partial charge in [0.15, 0.2) is 0 Å². The van der Waals surface area contributed by atoms with E-state index in [1.54, 1.807) is 12.1 Å². The van der Waals surface area contributed by atoms with Gasteiger partial charge in [0, 0.05) is 29.2 Å². The molecule has 0 spiro atoms. The predicted molar refractivity (Wildman–Crippen MR) is 166 cm³/mol. The second-order valence-electron chi connectivity index (χ2n) is 9.10. The third-order valence-corrected chi connectivity index (χ3v) is 6.37. The molecule has 0 saturated carbocycles. The van der Waals surface area contributed by atoms with Crippen molar-refractivity contribution in [3.05, 3.63) is 181 Å². The highest BCUT2D eigenvalue weighted by Crippen LogP contribution is 2.32. The first-order valence-corrected chi connectivity index (χ1v) is 13.1. The van der Waals surface area contributed by atoms with Gasteiger partial charge in [-0.05, 0) is 58.7 Å². The lowest BCUT2D eigenvalue weighted by Crippen LogP contribution is -2.10. The van der Waals surface area contributed by atoms with E-state index in [9.17, 15) is 4.79 Å². The van der Waals surface area contributed by atoms with Gasteiger partial charge in [-0.25, -0.2) is 4.79 Å². The maximum atomic E-state index is 11.7. The van der Waals surface area contributed by atoms with Crippen LogP contribution in [-0.4, -0.2) is 5.97 Å². The van der Waals surface area contributed by atoms with Crippen LogP contribution in [0.2, 0.25) is 0 Å². The minimum absolute atomic E-state index is 0.472. The summed E-state index contributed by atoms with van der Waals surface area (Å²) in [6.45, 7) is 3.47. The van der Waals surface area contributed by atoms with Crippen LogP contribution in [0.1, 0.15) is 22.3 Å². The van der Waals surface area contributed by atoms with E-state index in [4.69, 9.17) is 4.74 Å². The minimum Gasteiger partial charge on any atom is -0.423 e. The molecule has 40 heavy (non-hydrogen) atoms. The Bertz CT molecular complexity index is 1600. The molecule has 0 heterocycles. The fourth-order valence-electron chi connectivity index (χ4n) is 4.31. The number of nitrogens with zero attached hydrogens (tertiary/aromatic N) is 1. The molecule has 0 unspecified atom stereocenters. The van der Waals surface area contributed by atoms with Crippen molar-refractivity contribution in [3.63, 3.8) is 0 Å². The van der Waals surface area contributed by atoms with E-state index in [0.717, 1.165) is 39.7 Å². The monoisotopic (exact) mass is 519 g/mol. The van der Waals surface area contributed by atoms with E-state index in [2.05, 4.69) is 90.5 Å². The van der Waals surface area contributed by atoms with Crippen LogP contribution in [0.25, 0.3) is 17.7 Å². The lowest BCUT2D eigenvalue weighted by molar-refractivity contribution is -0.128. The maximum absolute atomic E-state index is 11.7. The molecule has 0 saturated heterocycles. The topological polar surface area (TPSA) is 29.5 Å². The van der Waals surface area contributed by atoms with E-state index in [0.29, 0.717) is 5.75 Å². The number of para-hydroxylation sites is 1. The number of benzene rings is 5.